The van der Waals surface area contributed by atoms with E-state index in [0.717, 1.165) is 22.3 Å². The first-order valence-corrected chi connectivity index (χ1v) is 10.3. The van der Waals surface area contributed by atoms with E-state index in [9.17, 15) is 4.79 Å². The minimum atomic E-state index is -0.292. The van der Waals surface area contributed by atoms with Gasteiger partial charge in [0.05, 0.1) is 7.11 Å². The van der Waals surface area contributed by atoms with Gasteiger partial charge in [-0.1, -0.05) is 42.5 Å². The Bertz CT molecular complexity index is 1370. The van der Waals surface area contributed by atoms with Crippen LogP contribution in [0.1, 0.15) is 11.1 Å². The fourth-order valence-electron chi connectivity index (χ4n) is 3.47. The van der Waals surface area contributed by atoms with Crippen LogP contribution in [0.25, 0.3) is 23.0 Å². The zero-order valence-corrected chi connectivity index (χ0v) is 18.3. The summed E-state index contributed by atoms with van der Waals surface area (Å²) < 4.78 is 12.5. The number of carbonyl (C=O) groups is 1. The van der Waals surface area contributed by atoms with Gasteiger partial charge in [-0.15, -0.1) is 0 Å². The minimum Gasteiger partial charge on any atom is -0.493 e. The van der Waals surface area contributed by atoms with Crippen molar-refractivity contribution in [3.63, 3.8) is 0 Å². The molecular weight excluding hydrogens is 416 g/mol. The quantitative estimate of drug-likeness (QED) is 0.416. The molecule has 0 saturated carbocycles. The number of nitrogens with zero attached hydrogens (tertiary/aromatic N) is 3. The number of rotatable bonds is 7. The van der Waals surface area contributed by atoms with Gasteiger partial charge >= 0.3 is 0 Å². The van der Waals surface area contributed by atoms with Crippen LogP contribution in [-0.2, 0) is 4.79 Å². The molecule has 0 atom stereocenters. The summed E-state index contributed by atoms with van der Waals surface area (Å²) >= 11 is 0. The summed E-state index contributed by atoms with van der Waals surface area (Å²) in [7, 11) is 1.52. The Kier molecular flexibility index (Phi) is 6.37. The molecule has 1 N–H and O–H groups in total. The lowest BCUT2D eigenvalue weighted by Crippen LogP contribution is -2.10. The number of pyridine rings is 1. The second-order valence-electron chi connectivity index (χ2n) is 7.24. The van der Waals surface area contributed by atoms with Gasteiger partial charge in [0, 0.05) is 17.8 Å². The zero-order valence-electron chi connectivity index (χ0n) is 18.3. The number of anilines is 1. The Labute approximate surface area is 191 Å². The minimum absolute atomic E-state index is 0.0729. The first-order chi connectivity index (χ1) is 16.1. The van der Waals surface area contributed by atoms with Crippen LogP contribution in [0, 0.1) is 18.3 Å². The van der Waals surface area contributed by atoms with Crippen LogP contribution >= 0.6 is 0 Å². The standard InChI is InChI=1S/C26H22N4O3/c1-18-7-6-15-30-25(18)29-24(20-8-4-3-5-9-20)26(30)28-23(31)13-11-19-10-12-21(33-16-14-27)22(17-19)32-2/h3-13,15,17H,16H2,1-2H3,(H,28,31)/b13-11+. The van der Waals surface area contributed by atoms with Crippen molar-refractivity contribution in [1.29, 1.82) is 5.26 Å². The molecule has 0 aliphatic heterocycles. The smallest absolute Gasteiger partial charge is 0.249 e. The van der Waals surface area contributed by atoms with Gasteiger partial charge < -0.3 is 14.8 Å². The molecular formula is C26H22N4O3. The molecule has 0 aliphatic carbocycles. The third kappa shape index (κ3) is 4.70. The van der Waals surface area contributed by atoms with Crippen LogP contribution in [0.15, 0.2) is 72.9 Å². The summed E-state index contributed by atoms with van der Waals surface area (Å²) in [5, 5.41) is 11.7. The lowest BCUT2D eigenvalue weighted by molar-refractivity contribution is -0.111. The maximum atomic E-state index is 12.8. The molecule has 2 aromatic carbocycles. The van der Waals surface area contributed by atoms with Gasteiger partial charge in [0.25, 0.3) is 0 Å². The molecule has 7 nitrogen and oxygen atoms in total. The fraction of sp³-hybridized carbons (Fsp3) is 0.115. The SMILES string of the molecule is COc1cc(/C=C/C(=O)Nc2c(-c3ccccc3)nc3c(C)cccn23)ccc1OCC#N. The van der Waals surface area contributed by atoms with Gasteiger partial charge in [0.15, 0.2) is 18.1 Å². The number of fused-ring (bicyclic) bond motifs is 1. The van der Waals surface area contributed by atoms with Gasteiger partial charge in [0.1, 0.15) is 23.2 Å². The summed E-state index contributed by atoms with van der Waals surface area (Å²) in [5.41, 5.74) is 4.17. The van der Waals surface area contributed by atoms with Crippen LogP contribution in [0.2, 0.25) is 0 Å². The summed E-state index contributed by atoms with van der Waals surface area (Å²) in [6.45, 7) is 1.91. The van der Waals surface area contributed by atoms with Crippen LogP contribution in [-0.4, -0.2) is 29.0 Å². The van der Waals surface area contributed by atoms with Crippen molar-refractivity contribution < 1.29 is 14.3 Å². The van der Waals surface area contributed by atoms with E-state index in [0.29, 0.717) is 23.0 Å². The third-order valence-corrected chi connectivity index (χ3v) is 5.04. The molecule has 164 valence electrons. The summed E-state index contributed by atoms with van der Waals surface area (Å²) in [4.78, 5) is 17.6. The van der Waals surface area contributed by atoms with Crippen molar-refractivity contribution in [1.82, 2.24) is 9.38 Å². The number of nitriles is 1. The number of methoxy groups -OCH3 is 1. The van der Waals surface area contributed by atoms with Crippen molar-refractivity contribution in [2.45, 2.75) is 6.92 Å². The first-order valence-electron chi connectivity index (χ1n) is 10.3. The maximum absolute atomic E-state index is 12.8. The van der Waals surface area contributed by atoms with E-state index in [1.165, 1.54) is 13.2 Å². The summed E-state index contributed by atoms with van der Waals surface area (Å²) in [6, 6.07) is 20.8. The van der Waals surface area contributed by atoms with Crippen molar-refractivity contribution in [3.05, 3.63) is 84.1 Å². The molecule has 2 aromatic heterocycles. The molecule has 0 radical (unpaired) electrons. The van der Waals surface area contributed by atoms with Crippen molar-refractivity contribution in [2.75, 3.05) is 19.0 Å². The molecule has 0 aliphatic rings. The molecule has 0 fully saturated rings. The van der Waals surface area contributed by atoms with Crippen LogP contribution in [0.4, 0.5) is 5.82 Å². The molecule has 1 amide bonds. The average molecular weight is 438 g/mol. The molecule has 0 bridgehead atoms. The second-order valence-corrected chi connectivity index (χ2v) is 7.24. The predicted octanol–water partition coefficient (Wildman–Crippen LogP) is 4.87. The Hall–Kier alpha value is -4.57. The highest BCUT2D eigenvalue weighted by molar-refractivity contribution is 6.03. The summed E-state index contributed by atoms with van der Waals surface area (Å²) in [5.74, 6) is 1.26. The number of imidazole rings is 1. The highest BCUT2D eigenvalue weighted by atomic mass is 16.5. The van der Waals surface area contributed by atoms with Gasteiger partial charge in [-0.2, -0.15) is 5.26 Å². The molecule has 7 heteroatoms. The number of aryl methyl sites for hydroxylation is 1. The zero-order chi connectivity index (χ0) is 23.2. The number of nitrogens with one attached hydrogen (secondary N) is 1. The predicted molar refractivity (Wildman–Crippen MR) is 127 cm³/mol. The molecule has 4 rings (SSSR count). The van der Waals surface area contributed by atoms with E-state index in [1.54, 1.807) is 24.3 Å². The van der Waals surface area contributed by atoms with E-state index >= 15 is 0 Å². The van der Waals surface area contributed by atoms with Crippen LogP contribution < -0.4 is 14.8 Å². The lowest BCUT2D eigenvalue weighted by atomic mass is 10.1. The lowest BCUT2D eigenvalue weighted by Gasteiger charge is -2.09. The summed E-state index contributed by atoms with van der Waals surface area (Å²) in [6.07, 6.45) is 5.02. The number of hydrogen-bond donors (Lipinski definition) is 1. The molecule has 0 unspecified atom stereocenters. The van der Waals surface area contributed by atoms with E-state index in [-0.39, 0.29) is 12.5 Å². The molecule has 0 spiro atoms. The average Bonchev–Trinajstić information content (AvgIpc) is 3.21. The Morgan fingerprint density at radius 1 is 1.15 bits per heavy atom. The number of ether oxygens (including phenoxy) is 2. The molecule has 33 heavy (non-hydrogen) atoms. The van der Waals surface area contributed by atoms with Crippen molar-refractivity contribution in [3.8, 4) is 28.8 Å². The molecule has 0 saturated heterocycles. The van der Waals surface area contributed by atoms with E-state index in [1.807, 2.05) is 66.1 Å². The normalized spacial score (nSPS) is 10.8. The Morgan fingerprint density at radius 3 is 2.73 bits per heavy atom. The highest BCUT2D eigenvalue weighted by Crippen LogP contribution is 2.30. The van der Waals surface area contributed by atoms with E-state index < -0.39 is 0 Å². The topological polar surface area (TPSA) is 88.7 Å². The monoisotopic (exact) mass is 438 g/mol. The number of carbonyl (C=O) groups excluding carboxylic acids is 1. The van der Waals surface area contributed by atoms with Gasteiger partial charge in [-0.3, -0.25) is 9.20 Å². The van der Waals surface area contributed by atoms with E-state index in [2.05, 4.69) is 5.32 Å². The third-order valence-electron chi connectivity index (χ3n) is 5.04. The maximum Gasteiger partial charge on any atom is 0.249 e. The number of aromatic nitrogens is 2. The number of benzene rings is 2. The van der Waals surface area contributed by atoms with Crippen LogP contribution in [0.5, 0.6) is 11.5 Å². The number of amides is 1. The van der Waals surface area contributed by atoms with Crippen LogP contribution in [0.3, 0.4) is 0 Å². The van der Waals surface area contributed by atoms with Gasteiger partial charge in [0.2, 0.25) is 5.91 Å². The highest BCUT2D eigenvalue weighted by Gasteiger charge is 2.16. The molecule has 4 aromatic rings. The number of hydrogen-bond acceptors (Lipinski definition) is 5. The fourth-order valence-corrected chi connectivity index (χ4v) is 3.47. The van der Waals surface area contributed by atoms with E-state index in [4.69, 9.17) is 19.7 Å². The second kappa shape index (κ2) is 9.71. The Balaban J connectivity index is 1.61. The van der Waals surface area contributed by atoms with Crippen molar-refractivity contribution in [2.24, 2.45) is 0 Å². The van der Waals surface area contributed by atoms with Gasteiger partial charge in [-0.25, -0.2) is 4.98 Å². The largest absolute Gasteiger partial charge is 0.493 e. The first kappa shape index (κ1) is 21.7. The van der Waals surface area contributed by atoms with Crippen molar-refractivity contribution >= 4 is 23.4 Å². The molecule has 2 heterocycles. The Morgan fingerprint density at radius 2 is 1.97 bits per heavy atom. The van der Waals surface area contributed by atoms with Gasteiger partial charge in [-0.05, 0) is 42.3 Å².